The highest BCUT2D eigenvalue weighted by Gasteiger charge is 2.34. The third kappa shape index (κ3) is 5.76. The molecule has 0 saturated heterocycles. The zero-order chi connectivity index (χ0) is 23.3. The summed E-state index contributed by atoms with van der Waals surface area (Å²) < 4.78 is 29.2. The molecule has 0 unspecified atom stereocenters. The van der Waals surface area contributed by atoms with Crippen molar-refractivity contribution in [3.8, 4) is 0 Å². The zero-order valence-corrected chi connectivity index (χ0v) is 18.4. The van der Waals surface area contributed by atoms with Crippen molar-refractivity contribution in [2.45, 2.75) is 45.3 Å². The molecule has 0 aliphatic rings. The van der Waals surface area contributed by atoms with Crippen molar-refractivity contribution < 1.29 is 18.7 Å². The molecule has 2 N–H and O–H groups in total. The second-order valence-corrected chi connectivity index (χ2v) is 8.53. The van der Waals surface area contributed by atoms with E-state index in [1.807, 2.05) is 24.3 Å². The molecule has 2 atom stereocenters. The summed E-state index contributed by atoms with van der Waals surface area (Å²) in [4.78, 5) is 16.6. The molecule has 170 valence electrons. The third-order valence-corrected chi connectivity index (χ3v) is 5.39. The topological polar surface area (TPSA) is 80.0 Å². The first-order valence-corrected chi connectivity index (χ1v) is 10.5. The molecular formula is C24H28F2N4O2. The van der Waals surface area contributed by atoms with Crippen LogP contribution in [0.2, 0.25) is 0 Å². The molecule has 8 heteroatoms. The molecule has 0 saturated carbocycles. The fraction of sp³-hybridized carbons (Fsp3) is 0.375. The van der Waals surface area contributed by atoms with Gasteiger partial charge in [-0.1, -0.05) is 44.2 Å². The molecule has 3 rings (SSSR count). The van der Waals surface area contributed by atoms with Crippen molar-refractivity contribution in [1.82, 2.24) is 20.1 Å². The minimum atomic E-state index is -1.86. The van der Waals surface area contributed by atoms with Crippen LogP contribution in [0.25, 0.3) is 0 Å². The molecular weight excluding hydrogens is 414 g/mol. The van der Waals surface area contributed by atoms with Gasteiger partial charge in [0, 0.05) is 11.6 Å². The quantitative estimate of drug-likeness (QED) is 0.531. The number of hydrogen-bond acceptors (Lipinski definition) is 4. The second kappa shape index (κ2) is 9.99. The Morgan fingerprint density at radius 2 is 1.88 bits per heavy atom. The molecule has 0 spiro atoms. The maximum absolute atomic E-state index is 14.5. The number of hydrogen-bond donors (Lipinski definition) is 2. The van der Waals surface area contributed by atoms with Crippen LogP contribution in [0.15, 0.2) is 55.1 Å². The van der Waals surface area contributed by atoms with Gasteiger partial charge in [-0.25, -0.2) is 18.4 Å². The fourth-order valence-electron chi connectivity index (χ4n) is 3.64. The van der Waals surface area contributed by atoms with E-state index < -0.39 is 23.2 Å². The number of aliphatic hydroxyl groups is 1. The number of nitrogens with one attached hydrogen (secondary N) is 1. The summed E-state index contributed by atoms with van der Waals surface area (Å²) in [6, 6.07) is 10.8. The number of nitrogens with zero attached hydrogens (tertiary/aromatic N) is 3. The molecule has 2 aromatic carbocycles. The largest absolute Gasteiger partial charge is 0.381 e. The summed E-state index contributed by atoms with van der Waals surface area (Å²) in [5.74, 6) is -1.92. The van der Waals surface area contributed by atoms with Gasteiger partial charge in [0.15, 0.2) is 0 Å². The number of carbonyl (C=O) groups is 1. The Hall–Kier alpha value is -3.13. The molecule has 1 amide bonds. The average molecular weight is 443 g/mol. The smallest absolute Gasteiger partial charge is 0.227 e. The SMILES string of the molecule is CC(C)Cc1ccc([C@@H](C)C(=O)NC[C@](O)(Cn2cncn2)c2ccc(F)cc2F)cc1. The van der Waals surface area contributed by atoms with E-state index in [1.54, 1.807) is 6.92 Å². The predicted octanol–water partition coefficient (Wildman–Crippen LogP) is 3.56. The van der Waals surface area contributed by atoms with Gasteiger partial charge in [0.25, 0.3) is 0 Å². The van der Waals surface area contributed by atoms with Gasteiger partial charge < -0.3 is 10.4 Å². The molecule has 0 bridgehead atoms. The maximum Gasteiger partial charge on any atom is 0.227 e. The van der Waals surface area contributed by atoms with Crippen LogP contribution in [-0.4, -0.2) is 32.3 Å². The number of benzene rings is 2. The van der Waals surface area contributed by atoms with Crippen LogP contribution < -0.4 is 5.32 Å². The van der Waals surface area contributed by atoms with Gasteiger partial charge in [0.2, 0.25) is 5.91 Å². The Bertz CT molecular complexity index is 1040. The number of amides is 1. The number of rotatable bonds is 9. The Morgan fingerprint density at radius 1 is 1.16 bits per heavy atom. The van der Waals surface area contributed by atoms with Crippen LogP contribution >= 0.6 is 0 Å². The lowest BCUT2D eigenvalue weighted by atomic mass is 9.92. The fourth-order valence-corrected chi connectivity index (χ4v) is 3.64. The molecule has 0 aliphatic carbocycles. The van der Waals surface area contributed by atoms with E-state index >= 15 is 0 Å². The van der Waals surface area contributed by atoms with E-state index in [9.17, 15) is 18.7 Å². The molecule has 3 aromatic rings. The van der Waals surface area contributed by atoms with Crippen molar-refractivity contribution in [3.05, 3.63) is 83.4 Å². The van der Waals surface area contributed by atoms with Crippen LogP contribution in [-0.2, 0) is 23.4 Å². The van der Waals surface area contributed by atoms with E-state index in [0.29, 0.717) is 12.0 Å². The Balaban J connectivity index is 1.75. The third-order valence-electron chi connectivity index (χ3n) is 5.39. The summed E-state index contributed by atoms with van der Waals surface area (Å²) in [5.41, 5.74) is 0.0376. The molecule has 1 heterocycles. The number of carbonyl (C=O) groups excluding carboxylic acids is 1. The standard InChI is InChI=1S/C24H28F2N4O2/c1-16(2)10-18-4-6-19(7-5-18)17(3)23(31)28-12-24(32,13-30-15-27-14-29-30)21-9-8-20(25)11-22(21)26/h4-9,11,14-17,32H,10,12-13H2,1-3H3,(H,28,31)/t17-,24+/m1/s1. The monoisotopic (exact) mass is 442 g/mol. The normalized spacial score (nSPS) is 14.2. The Labute approximate surface area is 186 Å². The van der Waals surface area contributed by atoms with Crippen LogP contribution in [0.3, 0.4) is 0 Å². The maximum atomic E-state index is 14.5. The van der Waals surface area contributed by atoms with Crippen LogP contribution in [0.1, 0.15) is 43.4 Å². The molecule has 32 heavy (non-hydrogen) atoms. The molecule has 1 aromatic heterocycles. The van der Waals surface area contributed by atoms with E-state index in [1.165, 1.54) is 29.0 Å². The highest BCUT2D eigenvalue weighted by Crippen LogP contribution is 2.27. The Kier molecular flexibility index (Phi) is 7.35. The van der Waals surface area contributed by atoms with E-state index in [2.05, 4.69) is 29.2 Å². The van der Waals surface area contributed by atoms with E-state index in [4.69, 9.17) is 0 Å². The number of aromatic nitrogens is 3. The van der Waals surface area contributed by atoms with Crippen LogP contribution in [0.5, 0.6) is 0 Å². The van der Waals surface area contributed by atoms with Crippen LogP contribution in [0, 0.1) is 17.6 Å². The summed E-state index contributed by atoms with van der Waals surface area (Å²) in [6.45, 7) is 5.60. The lowest BCUT2D eigenvalue weighted by molar-refractivity contribution is -0.123. The van der Waals surface area contributed by atoms with Crippen molar-refractivity contribution >= 4 is 5.91 Å². The summed E-state index contributed by atoms with van der Waals surface area (Å²) in [7, 11) is 0. The molecule has 6 nitrogen and oxygen atoms in total. The first-order valence-electron chi connectivity index (χ1n) is 10.5. The molecule has 0 aliphatic heterocycles. The van der Waals surface area contributed by atoms with Crippen molar-refractivity contribution in [3.63, 3.8) is 0 Å². The van der Waals surface area contributed by atoms with E-state index in [-0.39, 0.29) is 24.6 Å². The van der Waals surface area contributed by atoms with Crippen molar-refractivity contribution in [1.29, 1.82) is 0 Å². The van der Waals surface area contributed by atoms with E-state index in [0.717, 1.165) is 18.1 Å². The van der Waals surface area contributed by atoms with Gasteiger partial charge in [0.1, 0.15) is 29.9 Å². The van der Waals surface area contributed by atoms with Crippen molar-refractivity contribution in [2.75, 3.05) is 6.54 Å². The summed E-state index contributed by atoms with van der Waals surface area (Å²) in [6.07, 6.45) is 3.61. The van der Waals surface area contributed by atoms with Gasteiger partial charge in [-0.3, -0.25) is 4.79 Å². The summed E-state index contributed by atoms with van der Waals surface area (Å²) in [5, 5.41) is 17.9. The minimum Gasteiger partial charge on any atom is -0.381 e. The lowest BCUT2D eigenvalue weighted by Crippen LogP contribution is -2.45. The molecule has 0 radical (unpaired) electrons. The lowest BCUT2D eigenvalue weighted by Gasteiger charge is -2.29. The zero-order valence-electron chi connectivity index (χ0n) is 18.4. The summed E-state index contributed by atoms with van der Waals surface area (Å²) >= 11 is 0. The van der Waals surface area contributed by atoms with Crippen molar-refractivity contribution in [2.24, 2.45) is 5.92 Å². The predicted molar refractivity (Wildman–Crippen MR) is 117 cm³/mol. The second-order valence-electron chi connectivity index (χ2n) is 8.53. The van der Waals surface area contributed by atoms with Gasteiger partial charge in [0.05, 0.1) is 19.0 Å². The van der Waals surface area contributed by atoms with Crippen LogP contribution in [0.4, 0.5) is 8.78 Å². The van der Waals surface area contributed by atoms with Gasteiger partial charge in [-0.2, -0.15) is 5.10 Å². The molecule has 0 fully saturated rings. The first-order chi connectivity index (χ1) is 15.2. The highest BCUT2D eigenvalue weighted by molar-refractivity contribution is 5.83. The first kappa shape index (κ1) is 23.5. The number of halogens is 2. The highest BCUT2D eigenvalue weighted by atomic mass is 19.1. The minimum absolute atomic E-state index is 0.139. The van der Waals surface area contributed by atoms with Gasteiger partial charge in [-0.05, 0) is 36.5 Å². The average Bonchev–Trinajstić information content (AvgIpc) is 3.24. The Morgan fingerprint density at radius 3 is 2.47 bits per heavy atom. The van der Waals surface area contributed by atoms with Gasteiger partial charge in [-0.15, -0.1) is 0 Å². The van der Waals surface area contributed by atoms with Gasteiger partial charge >= 0.3 is 0 Å².